The summed E-state index contributed by atoms with van der Waals surface area (Å²) in [5.74, 6) is 0. The lowest BCUT2D eigenvalue weighted by molar-refractivity contribution is -0.0481. The van der Waals surface area contributed by atoms with Gasteiger partial charge in [-0.05, 0) is 32.7 Å². The minimum atomic E-state index is -0.288. The largest absolute Gasteiger partial charge is 0.390 e. The maximum Gasteiger partial charge on any atom is 0.0660 e. The van der Waals surface area contributed by atoms with Gasteiger partial charge in [-0.2, -0.15) is 0 Å². The fraction of sp³-hybridized carbons (Fsp3) is 1.00. The molecule has 1 N–H and O–H groups in total. The van der Waals surface area contributed by atoms with Crippen molar-refractivity contribution in [3.05, 3.63) is 0 Å². The zero-order chi connectivity index (χ0) is 10.0. The molecule has 1 saturated carbocycles. The van der Waals surface area contributed by atoms with Gasteiger partial charge in [0.2, 0.25) is 0 Å². The standard InChI is InChI=1S/C11H22N2O/c1-12-7-9-13(10-8-12)6-5-11(14)3-2-4-11/h14H,2-10H2,1H3. The Morgan fingerprint density at radius 1 is 1.14 bits per heavy atom. The van der Waals surface area contributed by atoms with Gasteiger partial charge in [0.15, 0.2) is 0 Å². The van der Waals surface area contributed by atoms with Crippen LogP contribution < -0.4 is 0 Å². The SMILES string of the molecule is CN1CCN(CCC2(O)CCC2)CC1. The predicted molar refractivity (Wildman–Crippen MR) is 57.4 cm³/mol. The number of hydrogen-bond donors (Lipinski definition) is 1. The summed E-state index contributed by atoms with van der Waals surface area (Å²) in [6.07, 6.45) is 4.26. The molecule has 2 fully saturated rings. The molecule has 0 aromatic heterocycles. The lowest BCUT2D eigenvalue weighted by Crippen LogP contribution is -2.47. The molecule has 0 unspecified atom stereocenters. The van der Waals surface area contributed by atoms with Crippen LogP contribution in [0.25, 0.3) is 0 Å². The van der Waals surface area contributed by atoms with E-state index in [0.717, 1.165) is 25.8 Å². The van der Waals surface area contributed by atoms with E-state index in [4.69, 9.17) is 0 Å². The monoisotopic (exact) mass is 198 g/mol. The van der Waals surface area contributed by atoms with Crippen molar-refractivity contribution in [1.82, 2.24) is 9.80 Å². The summed E-state index contributed by atoms with van der Waals surface area (Å²) in [5, 5.41) is 9.96. The van der Waals surface area contributed by atoms with E-state index in [9.17, 15) is 5.11 Å². The number of likely N-dealkylation sites (N-methyl/N-ethyl adjacent to an activating group) is 1. The third-order valence-electron chi connectivity index (χ3n) is 3.77. The number of aliphatic hydroxyl groups is 1. The molecule has 2 aliphatic rings. The van der Waals surface area contributed by atoms with Crippen molar-refractivity contribution in [3.8, 4) is 0 Å². The molecular formula is C11H22N2O. The average molecular weight is 198 g/mol. The number of hydrogen-bond acceptors (Lipinski definition) is 3. The Labute approximate surface area is 86.7 Å². The lowest BCUT2D eigenvalue weighted by atomic mass is 9.78. The molecule has 1 aliphatic carbocycles. The Morgan fingerprint density at radius 3 is 2.29 bits per heavy atom. The Kier molecular flexibility index (Phi) is 3.10. The summed E-state index contributed by atoms with van der Waals surface area (Å²) in [6, 6.07) is 0. The summed E-state index contributed by atoms with van der Waals surface area (Å²) in [6.45, 7) is 5.79. The highest BCUT2D eigenvalue weighted by Crippen LogP contribution is 2.34. The lowest BCUT2D eigenvalue weighted by Gasteiger charge is -2.39. The zero-order valence-electron chi connectivity index (χ0n) is 9.21. The first kappa shape index (κ1) is 10.4. The van der Waals surface area contributed by atoms with Gasteiger partial charge >= 0.3 is 0 Å². The van der Waals surface area contributed by atoms with Gasteiger partial charge in [-0.25, -0.2) is 0 Å². The highest BCUT2D eigenvalue weighted by Gasteiger charge is 2.34. The summed E-state index contributed by atoms with van der Waals surface area (Å²) >= 11 is 0. The van der Waals surface area contributed by atoms with Crippen molar-refractivity contribution < 1.29 is 5.11 Å². The van der Waals surface area contributed by atoms with Crippen molar-refractivity contribution in [3.63, 3.8) is 0 Å². The molecule has 0 aromatic rings. The van der Waals surface area contributed by atoms with Crippen LogP contribution in [0.4, 0.5) is 0 Å². The maximum atomic E-state index is 9.96. The van der Waals surface area contributed by atoms with Crippen molar-refractivity contribution in [1.29, 1.82) is 0 Å². The Hall–Kier alpha value is -0.120. The van der Waals surface area contributed by atoms with Gasteiger partial charge in [0.1, 0.15) is 0 Å². The third-order valence-corrected chi connectivity index (χ3v) is 3.77. The molecule has 2 rings (SSSR count). The molecule has 1 aliphatic heterocycles. The molecule has 0 radical (unpaired) electrons. The van der Waals surface area contributed by atoms with E-state index >= 15 is 0 Å². The third kappa shape index (κ3) is 2.47. The first-order valence-corrected chi connectivity index (χ1v) is 5.81. The molecule has 0 bridgehead atoms. The first-order chi connectivity index (χ1) is 6.68. The van der Waals surface area contributed by atoms with Gasteiger partial charge in [0.05, 0.1) is 5.60 Å². The van der Waals surface area contributed by atoms with Gasteiger partial charge in [-0.15, -0.1) is 0 Å². The van der Waals surface area contributed by atoms with E-state index in [0.29, 0.717) is 0 Å². The van der Waals surface area contributed by atoms with Crippen molar-refractivity contribution in [2.45, 2.75) is 31.3 Å². The van der Waals surface area contributed by atoms with E-state index in [-0.39, 0.29) is 5.60 Å². The minimum absolute atomic E-state index is 0.288. The summed E-state index contributed by atoms with van der Waals surface area (Å²) < 4.78 is 0. The number of nitrogens with zero attached hydrogens (tertiary/aromatic N) is 2. The molecule has 1 heterocycles. The van der Waals surface area contributed by atoms with E-state index in [2.05, 4.69) is 16.8 Å². The van der Waals surface area contributed by atoms with Crippen LogP contribution in [0, 0.1) is 0 Å². The molecule has 0 amide bonds. The molecule has 82 valence electrons. The predicted octanol–water partition coefficient (Wildman–Crippen LogP) is 0.539. The van der Waals surface area contributed by atoms with Gasteiger partial charge in [0, 0.05) is 32.7 Å². The van der Waals surface area contributed by atoms with Crippen molar-refractivity contribution in [2.24, 2.45) is 0 Å². The number of piperazine rings is 1. The summed E-state index contributed by atoms with van der Waals surface area (Å²) in [7, 11) is 2.18. The molecule has 0 aromatic carbocycles. The van der Waals surface area contributed by atoms with Crippen molar-refractivity contribution in [2.75, 3.05) is 39.8 Å². The van der Waals surface area contributed by atoms with Crippen LogP contribution in [-0.4, -0.2) is 60.3 Å². The highest BCUT2D eigenvalue weighted by molar-refractivity contribution is 4.88. The normalized spacial score (nSPS) is 28.7. The molecule has 14 heavy (non-hydrogen) atoms. The average Bonchev–Trinajstić information content (AvgIpc) is 2.14. The van der Waals surface area contributed by atoms with Crippen LogP contribution in [-0.2, 0) is 0 Å². The van der Waals surface area contributed by atoms with E-state index in [1.807, 2.05) is 0 Å². The van der Waals surface area contributed by atoms with Crippen molar-refractivity contribution >= 4 is 0 Å². The second-order valence-corrected chi connectivity index (χ2v) is 4.97. The Bertz CT molecular complexity index is 184. The van der Waals surface area contributed by atoms with Crippen LogP contribution in [0.15, 0.2) is 0 Å². The van der Waals surface area contributed by atoms with Crippen LogP contribution in [0.5, 0.6) is 0 Å². The molecule has 3 nitrogen and oxygen atoms in total. The van der Waals surface area contributed by atoms with Gasteiger partial charge < -0.3 is 14.9 Å². The van der Waals surface area contributed by atoms with Crippen LogP contribution in [0.2, 0.25) is 0 Å². The summed E-state index contributed by atoms with van der Waals surface area (Å²) in [4.78, 5) is 4.85. The van der Waals surface area contributed by atoms with E-state index in [1.165, 1.54) is 32.6 Å². The van der Waals surface area contributed by atoms with Gasteiger partial charge in [-0.1, -0.05) is 0 Å². The molecular weight excluding hydrogens is 176 g/mol. The smallest absolute Gasteiger partial charge is 0.0660 e. The minimum Gasteiger partial charge on any atom is -0.390 e. The molecule has 0 spiro atoms. The fourth-order valence-corrected chi connectivity index (χ4v) is 2.27. The molecule has 0 atom stereocenters. The first-order valence-electron chi connectivity index (χ1n) is 5.81. The zero-order valence-corrected chi connectivity index (χ0v) is 9.21. The molecule has 3 heteroatoms. The maximum absolute atomic E-state index is 9.96. The Morgan fingerprint density at radius 2 is 1.79 bits per heavy atom. The van der Waals surface area contributed by atoms with Crippen LogP contribution in [0.1, 0.15) is 25.7 Å². The van der Waals surface area contributed by atoms with E-state index in [1.54, 1.807) is 0 Å². The van der Waals surface area contributed by atoms with E-state index < -0.39 is 0 Å². The number of rotatable bonds is 3. The Balaban J connectivity index is 1.65. The second kappa shape index (κ2) is 4.17. The van der Waals surface area contributed by atoms with Crippen LogP contribution >= 0.6 is 0 Å². The quantitative estimate of drug-likeness (QED) is 0.717. The van der Waals surface area contributed by atoms with Gasteiger partial charge in [-0.3, -0.25) is 0 Å². The van der Waals surface area contributed by atoms with Crippen LogP contribution in [0.3, 0.4) is 0 Å². The topological polar surface area (TPSA) is 26.7 Å². The van der Waals surface area contributed by atoms with Gasteiger partial charge in [0.25, 0.3) is 0 Å². The second-order valence-electron chi connectivity index (χ2n) is 4.97. The molecule has 1 saturated heterocycles. The highest BCUT2D eigenvalue weighted by atomic mass is 16.3. The fourth-order valence-electron chi connectivity index (χ4n) is 2.27. The summed E-state index contributed by atoms with van der Waals surface area (Å²) in [5.41, 5.74) is -0.288.